The number of carbonyl (C=O) groups is 1. The van der Waals surface area contributed by atoms with Crippen LogP contribution < -0.4 is 10.6 Å². The zero-order chi connectivity index (χ0) is 13.2. The largest absolute Gasteiger partial charge is 0.349 e. The normalized spacial score (nSPS) is 18.1. The third-order valence-electron chi connectivity index (χ3n) is 3.18. The Bertz CT molecular complexity index is 644. The summed E-state index contributed by atoms with van der Waals surface area (Å²) in [5, 5.41) is 5.97. The van der Waals surface area contributed by atoms with Crippen LogP contribution in [-0.4, -0.2) is 27.9 Å². The van der Waals surface area contributed by atoms with Crippen molar-refractivity contribution in [1.29, 1.82) is 0 Å². The van der Waals surface area contributed by atoms with E-state index in [0.29, 0.717) is 6.54 Å². The highest BCUT2D eigenvalue weighted by atomic mass is 16.2. The van der Waals surface area contributed by atoms with E-state index in [-0.39, 0.29) is 11.9 Å². The lowest BCUT2D eigenvalue weighted by Gasteiger charge is -2.08. The fraction of sp³-hybridized carbons (Fsp3) is 0.286. The number of imidazole rings is 1. The van der Waals surface area contributed by atoms with Crippen molar-refractivity contribution in [3.05, 3.63) is 47.9 Å². The summed E-state index contributed by atoms with van der Waals surface area (Å²) in [6.45, 7) is 3.24. The van der Waals surface area contributed by atoms with Crippen LogP contribution >= 0.6 is 0 Å². The van der Waals surface area contributed by atoms with Crippen LogP contribution in [0.4, 0.5) is 0 Å². The number of carbonyl (C=O) groups excluding carboxylic acids is 1. The number of hydrogen-bond acceptors (Lipinski definition) is 3. The molecule has 0 radical (unpaired) electrons. The van der Waals surface area contributed by atoms with Crippen molar-refractivity contribution in [3.63, 3.8) is 0 Å². The van der Waals surface area contributed by atoms with Gasteiger partial charge in [-0.25, -0.2) is 4.98 Å². The molecule has 0 saturated carbocycles. The third-order valence-corrected chi connectivity index (χ3v) is 3.18. The van der Waals surface area contributed by atoms with Crippen LogP contribution in [0.2, 0.25) is 0 Å². The highest BCUT2D eigenvalue weighted by molar-refractivity contribution is 5.84. The first-order valence-electron chi connectivity index (χ1n) is 6.34. The Morgan fingerprint density at radius 1 is 1.63 bits per heavy atom. The van der Waals surface area contributed by atoms with E-state index in [9.17, 15) is 4.79 Å². The quantitative estimate of drug-likeness (QED) is 0.798. The smallest absolute Gasteiger partial charge is 0.241 e. The van der Waals surface area contributed by atoms with Crippen LogP contribution in [0.5, 0.6) is 0 Å². The first-order chi connectivity index (χ1) is 9.22. The molecule has 0 unspecified atom stereocenters. The fourth-order valence-corrected chi connectivity index (χ4v) is 2.16. The Labute approximate surface area is 111 Å². The topological polar surface area (TPSA) is 58.4 Å². The van der Waals surface area contributed by atoms with Gasteiger partial charge in [0, 0.05) is 18.9 Å². The number of fused-ring (bicyclic) bond motifs is 1. The van der Waals surface area contributed by atoms with Crippen LogP contribution in [0, 0.1) is 6.92 Å². The van der Waals surface area contributed by atoms with Gasteiger partial charge in [-0.3, -0.25) is 10.1 Å². The summed E-state index contributed by atoms with van der Waals surface area (Å²) in [5.74, 6) is -0.0120. The second kappa shape index (κ2) is 4.85. The van der Waals surface area contributed by atoms with Gasteiger partial charge in [-0.1, -0.05) is 12.2 Å². The molecule has 1 atom stereocenters. The minimum atomic E-state index is -0.209. The highest BCUT2D eigenvalue weighted by Crippen LogP contribution is 2.07. The number of nitrogens with one attached hydrogen (secondary N) is 2. The van der Waals surface area contributed by atoms with Gasteiger partial charge in [-0.2, -0.15) is 0 Å². The van der Waals surface area contributed by atoms with E-state index in [2.05, 4.69) is 15.6 Å². The van der Waals surface area contributed by atoms with Crippen molar-refractivity contribution in [1.82, 2.24) is 20.0 Å². The van der Waals surface area contributed by atoms with Gasteiger partial charge < -0.3 is 9.72 Å². The van der Waals surface area contributed by atoms with E-state index in [1.54, 1.807) is 0 Å². The Hall–Kier alpha value is -2.14. The van der Waals surface area contributed by atoms with Gasteiger partial charge in [0.25, 0.3) is 0 Å². The first-order valence-corrected chi connectivity index (χ1v) is 6.34. The van der Waals surface area contributed by atoms with Crippen LogP contribution in [0.25, 0.3) is 5.65 Å². The summed E-state index contributed by atoms with van der Waals surface area (Å²) in [6.07, 6.45) is 7.75. The van der Waals surface area contributed by atoms with E-state index in [0.717, 1.165) is 17.9 Å². The molecule has 2 N–H and O–H groups in total. The highest BCUT2D eigenvalue weighted by Gasteiger charge is 2.17. The molecule has 1 aliphatic heterocycles. The maximum absolute atomic E-state index is 11.8. The molecule has 1 amide bonds. The fourth-order valence-electron chi connectivity index (χ4n) is 2.16. The molecule has 0 spiro atoms. The number of aryl methyl sites for hydroxylation is 1. The van der Waals surface area contributed by atoms with Crippen molar-refractivity contribution in [2.24, 2.45) is 0 Å². The Morgan fingerprint density at radius 3 is 3.32 bits per heavy atom. The van der Waals surface area contributed by atoms with Gasteiger partial charge in [0.15, 0.2) is 0 Å². The van der Waals surface area contributed by atoms with Crippen LogP contribution in [0.15, 0.2) is 36.7 Å². The van der Waals surface area contributed by atoms with E-state index >= 15 is 0 Å². The molecule has 1 aliphatic rings. The lowest BCUT2D eigenvalue weighted by atomic mass is 10.3. The van der Waals surface area contributed by atoms with E-state index in [1.165, 1.54) is 5.56 Å². The molecule has 3 rings (SSSR count). The molecule has 0 aromatic carbocycles. The molecule has 0 bridgehead atoms. The van der Waals surface area contributed by atoms with Gasteiger partial charge in [-0.05, 0) is 24.6 Å². The average molecular weight is 256 g/mol. The molecular formula is C14H16N4O. The first kappa shape index (κ1) is 11.9. The monoisotopic (exact) mass is 256 g/mol. The second-order valence-corrected chi connectivity index (χ2v) is 4.73. The van der Waals surface area contributed by atoms with Crippen LogP contribution in [0.1, 0.15) is 11.3 Å². The van der Waals surface area contributed by atoms with Gasteiger partial charge in [0.2, 0.25) is 5.91 Å². The zero-order valence-corrected chi connectivity index (χ0v) is 10.8. The standard InChI is InChI=1S/C14H16N4O/c1-10-4-6-18-9-11(17-13(18)7-10)8-16-14(19)12-3-2-5-15-12/h2-4,6-7,9,12,15H,5,8H2,1H3,(H,16,19)/t12-/m0/s1. The number of aromatic nitrogens is 2. The summed E-state index contributed by atoms with van der Waals surface area (Å²) >= 11 is 0. The van der Waals surface area contributed by atoms with Crippen LogP contribution in [-0.2, 0) is 11.3 Å². The Kier molecular flexibility index (Phi) is 3.05. The van der Waals surface area contributed by atoms with E-state index in [1.807, 2.05) is 48.0 Å². The van der Waals surface area contributed by atoms with Gasteiger partial charge in [0.1, 0.15) is 11.7 Å². The molecule has 19 heavy (non-hydrogen) atoms. The molecule has 0 aliphatic carbocycles. The molecule has 5 heteroatoms. The predicted molar refractivity (Wildman–Crippen MR) is 72.7 cm³/mol. The predicted octanol–water partition coefficient (Wildman–Crippen LogP) is 0.787. The molecule has 3 heterocycles. The van der Waals surface area contributed by atoms with E-state index < -0.39 is 0 Å². The van der Waals surface area contributed by atoms with Gasteiger partial charge in [0.05, 0.1) is 12.2 Å². The third kappa shape index (κ3) is 2.51. The summed E-state index contributed by atoms with van der Waals surface area (Å²) in [4.78, 5) is 16.3. The lowest BCUT2D eigenvalue weighted by molar-refractivity contribution is -0.122. The summed E-state index contributed by atoms with van der Waals surface area (Å²) < 4.78 is 1.96. The molecular weight excluding hydrogens is 240 g/mol. The minimum absolute atomic E-state index is 0.0120. The zero-order valence-electron chi connectivity index (χ0n) is 10.8. The number of amides is 1. The minimum Gasteiger partial charge on any atom is -0.349 e. The summed E-state index contributed by atoms with van der Waals surface area (Å²) in [5.41, 5.74) is 2.94. The molecule has 2 aromatic rings. The summed E-state index contributed by atoms with van der Waals surface area (Å²) in [7, 11) is 0. The molecule has 5 nitrogen and oxygen atoms in total. The van der Waals surface area contributed by atoms with Gasteiger partial charge >= 0.3 is 0 Å². The molecule has 0 fully saturated rings. The van der Waals surface area contributed by atoms with Crippen molar-refractivity contribution in [2.75, 3.05) is 6.54 Å². The van der Waals surface area contributed by atoms with Crippen molar-refractivity contribution in [3.8, 4) is 0 Å². The maximum atomic E-state index is 11.8. The summed E-state index contributed by atoms with van der Waals surface area (Å²) in [6, 6.07) is 3.84. The maximum Gasteiger partial charge on any atom is 0.241 e. The number of rotatable bonds is 3. The van der Waals surface area contributed by atoms with Crippen molar-refractivity contribution in [2.45, 2.75) is 19.5 Å². The Morgan fingerprint density at radius 2 is 2.53 bits per heavy atom. The number of nitrogens with zero attached hydrogens (tertiary/aromatic N) is 2. The van der Waals surface area contributed by atoms with Gasteiger partial charge in [-0.15, -0.1) is 0 Å². The molecule has 0 saturated heterocycles. The van der Waals surface area contributed by atoms with E-state index in [4.69, 9.17) is 0 Å². The second-order valence-electron chi connectivity index (χ2n) is 4.73. The van der Waals surface area contributed by atoms with Crippen LogP contribution in [0.3, 0.4) is 0 Å². The lowest BCUT2D eigenvalue weighted by Crippen LogP contribution is -2.40. The molecule has 2 aromatic heterocycles. The molecule has 98 valence electrons. The van der Waals surface area contributed by atoms with Crippen molar-refractivity contribution >= 4 is 11.6 Å². The van der Waals surface area contributed by atoms with Crippen molar-refractivity contribution < 1.29 is 4.79 Å². The Balaban J connectivity index is 1.68. The average Bonchev–Trinajstić information content (AvgIpc) is 3.04. The number of pyridine rings is 1. The number of hydrogen-bond donors (Lipinski definition) is 2. The SMILES string of the molecule is Cc1ccn2cc(CNC(=O)[C@@H]3C=CCN3)nc2c1.